The molecule has 0 aromatic carbocycles. The van der Waals surface area contributed by atoms with E-state index in [0.717, 1.165) is 13.1 Å². The van der Waals surface area contributed by atoms with Gasteiger partial charge in [-0.15, -0.1) is 0 Å². The molecule has 0 radical (unpaired) electrons. The minimum absolute atomic E-state index is 0.149. The van der Waals surface area contributed by atoms with Crippen LogP contribution in [0.1, 0.15) is 47.5 Å². The maximum atomic E-state index is 12.2. The standard InChI is InChI=1S/C16H33N3O2/c1-13(2)19(15(20)21-16(3,4)5)11-9-17-14-8-7-10-18(6)12-14/h13-14,17H,7-12H2,1-6H3. The molecule has 1 aliphatic rings. The van der Waals surface area contributed by atoms with Crippen molar-refractivity contribution < 1.29 is 9.53 Å². The Morgan fingerprint density at radius 3 is 2.62 bits per heavy atom. The van der Waals surface area contributed by atoms with Gasteiger partial charge in [-0.25, -0.2) is 4.79 Å². The average molecular weight is 299 g/mol. The van der Waals surface area contributed by atoms with Gasteiger partial charge in [0.2, 0.25) is 0 Å². The molecule has 1 unspecified atom stereocenters. The van der Waals surface area contributed by atoms with Crippen LogP contribution in [-0.2, 0) is 4.74 Å². The van der Waals surface area contributed by atoms with Crippen molar-refractivity contribution in [3.8, 4) is 0 Å². The Labute approximate surface area is 130 Å². The van der Waals surface area contributed by atoms with Gasteiger partial charge in [0.25, 0.3) is 0 Å². The molecule has 0 bridgehead atoms. The molecule has 0 saturated carbocycles. The monoisotopic (exact) mass is 299 g/mol. The second-order valence-electron chi connectivity index (χ2n) is 7.32. The fraction of sp³-hybridized carbons (Fsp3) is 0.938. The van der Waals surface area contributed by atoms with Crippen LogP contribution in [0, 0.1) is 0 Å². The third kappa shape index (κ3) is 7.14. The number of likely N-dealkylation sites (tertiary alicyclic amines) is 1. The molecule has 1 saturated heterocycles. The molecule has 0 aliphatic carbocycles. The summed E-state index contributed by atoms with van der Waals surface area (Å²) in [5, 5.41) is 3.56. The van der Waals surface area contributed by atoms with Gasteiger partial charge in [-0.3, -0.25) is 0 Å². The number of hydrogen-bond donors (Lipinski definition) is 1. The SMILES string of the molecule is CC(C)N(CCNC1CCCN(C)C1)C(=O)OC(C)(C)C. The maximum Gasteiger partial charge on any atom is 0.410 e. The number of carbonyl (C=O) groups excluding carboxylic acids is 1. The van der Waals surface area contributed by atoms with Gasteiger partial charge >= 0.3 is 6.09 Å². The lowest BCUT2D eigenvalue weighted by atomic mass is 10.1. The van der Waals surface area contributed by atoms with Gasteiger partial charge in [0.05, 0.1) is 0 Å². The predicted octanol–water partition coefficient (Wildman–Crippen LogP) is 2.32. The van der Waals surface area contributed by atoms with Crippen molar-refractivity contribution in [2.75, 3.05) is 33.2 Å². The van der Waals surface area contributed by atoms with Gasteiger partial charge < -0.3 is 19.9 Å². The van der Waals surface area contributed by atoms with E-state index in [0.29, 0.717) is 12.6 Å². The van der Waals surface area contributed by atoms with Gasteiger partial charge in [-0.1, -0.05) is 0 Å². The molecule has 0 aromatic rings. The van der Waals surface area contributed by atoms with Crippen molar-refractivity contribution in [3.63, 3.8) is 0 Å². The van der Waals surface area contributed by atoms with Crippen molar-refractivity contribution in [1.82, 2.24) is 15.1 Å². The first-order chi connectivity index (χ1) is 9.69. The summed E-state index contributed by atoms with van der Waals surface area (Å²) in [5.41, 5.74) is -0.441. The average Bonchev–Trinajstić information content (AvgIpc) is 2.31. The lowest BCUT2D eigenvalue weighted by molar-refractivity contribution is 0.0191. The van der Waals surface area contributed by atoms with Crippen LogP contribution >= 0.6 is 0 Å². The van der Waals surface area contributed by atoms with Crippen LogP contribution in [0.5, 0.6) is 0 Å². The molecule has 1 heterocycles. The lowest BCUT2D eigenvalue weighted by Gasteiger charge is -2.33. The minimum atomic E-state index is -0.441. The van der Waals surface area contributed by atoms with E-state index in [1.807, 2.05) is 34.6 Å². The van der Waals surface area contributed by atoms with Gasteiger partial charge in [0.15, 0.2) is 0 Å². The van der Waals surface area contributed by atoms with E-state index in [4.69, 9.17) is 4.74 Å². The second kappa shape index (κ2) is 7.99. The smallest absolute Gasteiger partial charge is 0.410 e. The number of hydrogen-bond acceptors (Lipinski definition) is 4. The molecule has 1 N–H and O–H groups in total. The zero-order chi connectivity index (χ0) is 16.0. The van der Waals surface area contributed by atoms with Crippen LogP contribution in [0.3, 0.4) is 0 Å². The Hall–Kier alpha value is -0.810. The van der Waals surface area contributed by atoms with Crippen LogP contribution in [0.25, 0.3) is 0 Å². The Morgan fingerprint density at radius 2 is 2.10 bits per heavy atom. The summed E-state index contributed by atoms with van der Waals surface area (Å²) in [6, 6.07) is 0.687. The Kier molecular flexibility index (Phi) is 6.94. The van der Waals surface area contributed by atoms with E-state index >= 15 is 0 Å². The van der Waals surface area contributed by atoms with Crippen LogP contribution < -0.4 is 5.32 Å². The number of ether oxygens (including phenoxy) is 1. The van der Waals surface area contributed by atoms with Gasteiger partial charge in [0.1, 0.15) is 5.60 Å². The minimum Gasteiger partial charge on any atom is -0.444 e. The van der Waals surface area contributed by atoms with Crippen molar-refractivity contribution in [2.45, 2.75) is 65.1 Å². The molecular weight excluding hydrogens is 266 g/mol. The summed E-state index contributed by atoms with van der Waals surface area (Å²) in [4.78, 5) is 16.4. The van der Waals surface area contributed by atoms with Crippen LogP contribution in [0.15, 0.2) is 0 Å². The first-order valence-electron chi connectivity index (χ1n) is 8.10. The Bertz CT molecular complexity index is 326. The summed E-state index contributed by atoms with van der Waals surface area (Å²) < 4.78 is 5.47. The highest BCUT2D eigenvalue weighted by Gasteiger charge is 2.24. The molecule has 0 spiro atoms. The van der Waals surface area contributed by atoms with E-state index in [9.17, 15) is 4.79 Å². The first-order valence-corrected chi connectivity index (χ1v) is 8.10. The highest BCUT2D eigenvalue weighted by atomic mass is 16.6. The van der Waals surface area contributed by atoms with Gasteiger partial charge in [-0.2, -0.15) is 0 Å². The predicted molar refractivity (Wildman–Crippen MR) is 86.6 cm³/mol. The van der Waals surface area contributed by atoms with Crippen molar-refractivity contribution in [3.05, 3.63) is 0 Å². The van der Waals surface area contributed by atoms with E-state index in [-0.39, 0.29) is 12.1 Å². The second-order valence-corrected chi connectivity index (χ2v) is 7.32. The fourth-order valence-electron chi connectivity index (χ4n) is 2.60. The summed E-state index contributed by atoms with van der Waals surface area (Å²) in [7, 11) is 2.16. The Morgan fingerprint density at radius 1 is 1.43 bits per heavy atom. The van der Waals surface area contributed by atoms with Gasteiger partial charge in [-0.05, 0) is 61.1 Å². The Balaban J connectivity index is 2.39. The lowest BCUT2D eigenvalue weighted by Crippen LogP contribution is -2.48. The first kappa shape index (κ1) is 18.2. The number of carbonyl (C=O) groups is 1. The molecule has 1 fully saturated rings. The number of nitrogens with one attached hydrogen (secondary N) is 1. The molecule has 1 aliphatic heterocycles. The van der Waals surface area contributed by atoms with E-state index in [1.165, 1.54) is 19.4 Å². The summed E-state index contributed by atoms with van der Waals surface area (Å²) in [6.45, 7) is 13.5. The van der Waals surface area contributed by atoms with E-state index in [1.54, 1.807) is 4.90 Å². The third-order valence-corrected chi connectivity index (χ3v) is 3.66. The van der Waals surface area contributed by atoms with Crippen LogP contribution in [0.4, 0.5) is 4.79 Å². The molecule has 124 valence electrons. The third-order valence-electron chi connectivity index (χ3n) is 3.66. The van der Waals surface area contributed by atoms with Crippen molar-refractivity contribution >= 4 is 6.09 Å². The van der Waals surface area contributed by atoms with Crippen molar-refractivity contribution in [2.24, 2.45) is 0 Å². The van der Waals surface area contributed by atoms with E-state index in [2.05, 4.69) is 17.3 Å². The molecular formula is C16H33N3O2. The molecule has 1 atom stereocenters. The maximum absolute atomic E-state index is 12.2. The van der Waals surface area contributed by atoms with Gasteiger partial charge in [0, 0.05) is 31.7 Å². The molecule has 5 heteroatoms. The number of piperidine rings is 1. The highest BCUT2D eigenvalue weighted by Crippen LogP contribution is 2.12. The normalized spacial score (nSPS) is 20.6. The van der Waals surface area contributed by atoms with Crippen LogP contribution in [-0.4, -0.2) is 66.8 Å². The largest absolute Gasteiger partial charge is 0.444 e. The molecule has 1 amide bonds. The number of rotatable bonds is 5. The topological polar surface area (TPSA) is 44.8 Å². The summed E-state index contributed by atoms with van der Waals surface area (Å²) in [6.07, 6.45) is 2.24. The number of amides is 1. The molecule has 5 nitrogen and oxygen atoms in total. The summed E-state index contributed by atoms with van der Waals surface area (Å²) in [5.74, 6) is 0. The van der Waals surface area contributed by atoms with Crippen molar-refractivity contribution in [1.29, 1.82) is 0 Å². The van der Waals surface area contributed by atoms with Crippen LogP contribution in [0.2, 0.25) is 0 Å². The van der Waals surface area contributed by atoms with E-state index < -0.39 is 5.60 Å². The zero-order valence-electron chi connectivity index (χ0n) is 14.6. The fourth-order valence-corrected chi connectivity index (χ4v) is 2.60. The molecule has 1 rings (SSSR count). The summed E-state index contributed by atoms with van der Waals surface area (Å²) >= 11 is 0. The highest BCUT2D eigenvalue weighted by molar-refractivity contribution is 5.68. The molecule has 21 heavy (non-hydrogen) atoms. The number of likely N-dealkylation sites (N-methyl/N-ethyl adjacent to an activating group) is 1. The molecule has 0 aromatic heterocycles. The zero-order valence-corrected chi connectivity index (χ0v) is 14.6. The number of nitrogens with zero attached hydrogens (tertiary/aromatic N) is 2. The quantitative estimate of drug-likeness (QED) is 0.846.